The summed E-state index contributed by atoms with van der Waals surface area (Å²) in [5, 5.41) is 0.950. The van der Waals surface area contributed by atoms with Crippen molar-refractivity contribution in [1.82, 2.24) is 4.90 Å². The van der Waals surface area contributed by atoms with Crippen molar-refractivity contribution >= 4 is 15.9 Å². The number of halogens is 2. The molecule has 0 saturated carbocycles. The van der Waals surface area contributed by atoms with Crippen molar-refractivity contribution in [1.29, 1.82) is 0 Å². The van der Waals surface area contributed by atoms with Gasteiger partial charge in [-0.25, -0.2) is 4.39 Å². The van der Waals surface area contributed by atoms with Crippen molar-refractivity contribution in [3.63, 3.8) is 0 Å². The first kappa shape index (κ1) is 13.8. The van der Waals surface area contributed by atoms with Crippen LogP contribution in [0.2, 0.25) is 0 Å². The minimum Gasteiger partial charge on any atom is -0.497 e. The summed E-state index contributed by atoms with van der Waals surface area (Å²) >= 11 is 3.56. The smallest absolute Gasteiger partial charge is 0.131 e. The van der Waals surface area contributed by atoms with Crippen LogP contribution in [0.5, 0.6) is 5.75 Å². The maximum atomic E-state index is 13.9. The number of hydrogen-bond donors (Lipinski definition) is 0. The van der Waals surface area contributed by atoms with Gasteiger partial charge in [-0.3, -0.25) is 4.90 Å². The van der Waals surface area contributed by atoms with Crippen LogP contribution in [0, 0.1) is 11.7 Å². The molecule has 0 aliphatic carbocycles. The second-order valence-electron chi connectivity index (χ2n) is 4.92. The van der Waals surface area contributed by atoms with Crippen molar-refractivity contribution in [2.45, 2.75) is 25.9 Å². The lowest BCUT2D eigenvalue weighted by Crippen LogP contribution is -2.33. The van der Waals surface area contributed by atoms with Crippen LogP contribution in [0.15, 0.2) is 18.2 Å². The summed E-state index contributed by atoms with van der Waals surface area (Å²) in [6, 6.07) is 5.60. The fraction of sp³-hybridized carbons (Fsp3) is 0.571. The van der Waals surface area contributed by atoms with E-state index in [1.165, 1.54) is 12.5 Å². The molecule has 100 valence electrons. The highest BCUT2D eigenvalue weighted by atomic mass is 79.9. The predicted octanol–water partition coefficient (Wildman–Crippen LogP) is 3.44. The van der Waals surface area contributed by atoms with E-state index < -0.39 is 0 Å². The molecule has 0 spiro atoms. The third kappa shape index (κ3) is 2.86. The minimum absolute atomic E-state index is 0.178. The second-order valence-corrected chi connectivity index (χ2v) is 5.56. The van der Waals surface area contributed by atoms with E-state index in [0.717, 1.165) is 17.4 Å². The Labute approximate surface area is 116 Å². The van der Waals surface area contributed by atoms with Gasteiger partial charge in [0.2, 0.25) is 0 Å². The zero-order chi connectivity index (χ0) is 13.1. The van der Waals surface area contributed by atoms with E-state index in [2.05, 4.69) is 27.8 Å². The molecule has 1 aromatic carbocycles. The number of ether oxygens (including phenoxy) is 1. The number of nitrogens with zero attached hydrogens (tertiary/aromatic N) is 1. The van der Waals surface area contributed by atoms with Gasteiger partial charge in [0.1, 0.15) is 11.6 Å². The van der Waals surface area contributed by atoms with Gasteiger partial charge in [-0.15, -0.1) is 0 Å². The molecule has 1 heterocycles. The molecule has 1 fully saturated rings. The van der Waals surface area contributed by atoms with E-state index in [9.17, 15) is 4.39 Å². The van der Waals surface area contributed by atoms with Crippen LogP contribution in [-0.2, 0) is 6.54 Å². The van der Waals surface area contributed by atoms with E-state index in [4.69, 9.17) is 4.74 Å². The molecule has 0 N–H and O–H groups in total. The minimum atomic E-state index is -0.178. The van der Waals surface area contributed by atoms with Gasteiger partial charge in [0, 0.05) is 29.5 Å². The molecule has 2 atom stereocenters. The van der Waals surface area contributed by atoms with E-state index in [1.54, 1.807) is 7.11 Å². The predicted molar refractivity (Wildman–Crippen MR) is 74.7 cm³/mol. The quantitative estimate of drug-likeness (QED) is 0.789. The molecule has 1 aliphatic rings. The van der Waals surface area contributed by atoms with Gasteiger partial charge >= 0.3 is 0 Å². The summed E-state index contributed by atoms with van der Waals surface area (Å²) in [6.45, 7) is 3.98. The van der Waals surface area contributed by atoms with Crippen molar-refractivity contribution < 1.29 is 9.13 Å². The normalized spacial score (nSPS) is 24.4. The molecule has 0 amide bonds. The maximum Gasteiger partial charge on any atom is 0.131 e. The zero-order valence-electron chi connectivity index (χ0n) is 10.8. The average Bonchev–Trinajstić information content (AvgIpc) is 2.72. The fourth-order valence-electron chi connectivity index (χ4n) is 2.54. The molecule has 0 radical (unpaired) electrons. The highest BCUT2D eigenvalue weighted by Crippen LogP contribution is 2.28. The first-order valence-electron chi connectivity index (χ1n) is 6.28. The Morgan fingerprint density at radius 2 is 2.28 bits per heavy atom. The third-order valence-corrected chi connectivity index (χ3v) is 4.45. The largest absolute Gasteiger partial charge is 0.497 e. The first-order chi connectivity index (χ1) is 8.65. The second kappa shape index (κ2) is 6.02. The Morgan fingerprint density at radius 1 is 1.50 bits per heavy atom. The SMILES string of the molecule is COc1ccc(CN2CCC(C)C2CBr)c(F)c1. The van der Waals surface area contributed by atoms with Crippen LogP contribution >= 0.6 is 15.9 Å². The molecule has 1 saturated heterocycles. The Morgan fingerprint density at radius 3 is 2.89 bits per heavy atom. The summed E-state index contributed by atoms with van der Waals surface area (Å²) in [7, 11) is 1.55. The Bertz CT molecular complexity index is 413. The van der Waals surface area contributed by atoms with Gasteiger partial charge in [-0.05, 0) is 24.9 Å². The van der Waals surface area contributed by atoms with Gasteiger partial charge in [-0.2, -0.15) is 0 Å². The van der Waals surface area contributed by atoms with Crippen molar-refractivity contribution in [3.8, 4) is 5.75 Å². The van der Waals surface area contributed by atoms with E-state index >= 15 is 0 Å². The number of likely N-dealkylation sites (tertiary alicyclic amines) is 1. The van der Waals surface area contributed by atoms with Gasteiger partial charge < -0.3 is 4.74 Å². The molecule has 18 heavy (non-hydrogen) atoms. The number of rotatable bonds is 4. The van der Waals surface area contributed by atoms with Gasteiger partial charge in [0.25, 0.3) is 0 Å². The van der Waals surface area contributed by atoms with Crippen molar-refractivity contribution in [2.24, 2.45) is 5.92 Å². The average molecular weight is 316 g/mol. The fourth-order valence-corrected chi connectivity index (χ4v) is 3.58. The molecule has 4 heteroatoms. The van der Waals surface area contributed by atoms with E-state index in [-0.39, 0.29) is 5.82 Å². The molecule has 2 unspecified atom stereocenters. The lowest BCUT2D eigenvalue weighted by Gasteiger charge is -2.25. The van der Waals surface area contributed by atoms with E-state index in [1.807, 2.05) is 12.1 Å². The summed E-state index contributed by atoms with van der Waals surface area (Å²) < 4.78 is 18.9. The number of benzene rings is 1. The lowest BCUT2D eigenvalue weighted by atomic mass is 10.0. The topological polar surface area (TPSA) is 12.5 Å². The van der Waals surface area contributed by atoms with Gasteiger partial charge in [0.15, 0.2) is 0 Å². The molecule has 1 aliphatic heterocycles. The molecular weight excluding hydrogens is 297 g/mol. The molecule has 0 aromatic heterocycles. The summed E-state index contributed by atoms with van der Waals surface area (Å²) in [6.07, 6.45) is 1.19. The van der Waals surface area contributed by atoms with Gasteiger partial charge in [0.05, 0.1) is 7.11 Å². The van der Waals surface area contributed by atoms with Crippen LogP contribution < -0.4 is 4.74 Å². The summed E-state index contributed by atoms with van der Waals surface area (Å²) in [5.41, 5.74) is 0.746. The van der Waals surface area contributed by atoms with E-state index in [0.29, 0.717) is 24.3 Å². The highest BCUT2D eigenvalue weighted by molar-refractivity contribution is 9.09. The number of methoxy groups -OCH3 is 1. The van der Waals surface area contributed by atoms with Crippen molar-refractivity contribution in [2.75, 3.05) is 19.0 Å². The molecular formula is C14H19BrFNO. The molecule has 2 nitrogen and oxygen atoms in total. The molecule has 0 bridgehead atoms. The Kier molecular flexibility index (Phi) is 4.62. The van der Waals surface area contributed by atoms with Crippen LogP contribution in [0.1, 0.15) is 18.9 Å². The highest BCUT2D eigenvalue weighted by Gasteiger charge is 2.30. The molecule has 2 rings (SSSR count). The van der Waals surface area contributed by atoms with Crippen molar-refractivity contribution in [3.05, 3.63) is 29.6 Å². The van der Waals surface area contributed by atoms with Crippen LogP contribution in [0.4, 0.5) is 4.39 Å². The van der Waals surface area contributed by atoms with Crippen LogP contribution in [-0.4, -0.2) is 29.9 Å². The van der Waals surface area contributed by atoms with Crippen LogP contribution in [0.3, 0.4) is 0 Å². The Hall–Kier alpha value is -0.610. The zero-order valence-corrected chi connectivity index (χ0v) is 12.4. The first-order valence-corrected chi connectivity index (χ1v) is 7.40. The monoisotopic (exact) mass is 315 g/mol. The number of hydrogen-bond acceptors (Lipinski definition) is 2. The summed E-state index contributed by atoms with van der Waals surface area (Å²) in [5.74, 6) is 1.07. The van der Waals surface area contributed by atoms with Gasteiger partial charge in [-0.1, -0.05) is 28.9 Å². The molecule has 1 aromatic rings. The summed E-state index contributed by atoms with van der Waals surface area (Å²) in [4.78, 5) is 2.35. The third-order valence-electron chi connectivity index (χ3n) is 3.79. The van der Waals surface area contributed by atoms with Crippen LogP contribution in [0.25, 0.3) is 0 Å². The standard InChI is InChI=1S/C14H19BrFNO/c1-10-5-6-17(14(10)8-15)9-11-3-4-12(18-2)7-13(11)16/h3-4,7,10,14H,5-6,8-9H2,1-2H3. The maximum absolute atomic E-state index is 13.9. The number of alkyl halides is 1. The Balaban J connectivity index is 2.09. The lowest BCUT2D eigenvalue weighted by molar-refractivity contribution is 0.241.